The Labute approximate surface area is 208 Å². The van der Waals surface area contributed by atoms with Gasteiger partial charge in [-0.1, -0.05) is 24.3 Å². The third kappa shape index (κ3) is 4.09. The molecule has 8 heteroatoms. The number of methoxy groups -OCH3 is 1. The first-order valence-electron chi connectivity index (χ1n) is 12.0. The van der Waals surface area contributed by atoms with Gasteiger partial charge in [0, 0.05) is 29.7 Å². The second-order valence-corrected chi connectivity index (χ2v) is 10.6. The zero-order chi connectivity index (χ0) is 24.0. The smallest absolute Gasteiger partial charge is 0.231 e. The SMILES string of the molecule is COc1ccccc1C(c1cnc(CC(=O)C2(c3ccc4c(c3)OCO4)CC2)s1)N1CC[C@@H](O)C1. The molecular weight excluding hydrogens is 464 g/mol. The summed E-state index contributed by atoms with van der Waals surface area (Å²) in [6, 6.07) is 13.8. The molecule has 1 unspecified atom stereocenters. The summed E-state index contributed by atoms with van der Waals surface area (Å²) in [5.74, 6) is 2.45. The van der Waals surface area contributed by atoms with E-state index in [9.17, 15) is 9.90 Å². The molecule has 0 radical (unpaired) electrons. The fraction of sp³-hybridized carbons (Fsp3) is 0.407. The van der Waals surface area contributed by atoms with E-state index in [1.807, 2.05) is 42.6 Å². The number of nitrogens with zero attached hydrogens (tertiary/aromatic N) is 2. The zero-order valence-electron chi connectivity index (χ0n) is 19.6. The predicted molar refractivity (Wildman–Crippen MR) is 131 cm³/mol. The van der Waals surface area contributed by atoms with Crippen LogP contribution in [0.4, 0.5) is 0 Å². The van der Waals surface area contributed by atoms with E-state index < -0.39 is 5.41 Å². The second kappa shape index (κ2) is 8.93. The molecule has 7 nitrogen and oxygen atoms in total. The Kier molecular flexibility index (Phi) is 5.75. The van der Waals surface area contributed by atoms with Crippen LogP contribution in [0.1, 0.15) is 46.3 Å². The molecule has 2 aliphatic heterocycles. The largest absolute Gasteiger partial charge is 0.496 e. The van der Waals surface area contributed by atoms with Crippen LogP contribution < -0.4 is 14.2 Å². The predicted octanol–water partition coefficient (Wildman–Crippen LogP) is 3.88. The highest BCUT2D eigenvalue weighted by Crippen LogP contribution is 2.52. The molecule has 6 rings (SSSR count). The fourth-order valence-electron chi connectivity index (χ4n) is 5.31. The Morgan fingerprint density at radius 2 is 2.09 bits per heavy atom. The Balaban J connectivity index is 1.26. The van der Waals surface area contributed by atoms with E-state index in [2.05, 4.69) is 16.0 Å². The second-order valence-electron chi connectivity index (χ2n) is 9.49. The Hall–Kier alpha value is -2.94. The third-order valence-electron chi connectivity index (χ3n) is 7.36. The van der Waals surface area contributed by atoms with Gasteiger partial charge >= 0.3 is 0 Å². The number of ether oxygens (including phenoxy) is 3. The molecule has 2 atom stereocenters. The van der Waals surface area contributed by atoms with Crippen molar-refractivity contribution < 1.29 is 24.1 Å². The van der Waals surface area contributed by atoms with Gasteiger partial charge in [0.2, 0.25) is 6.79 Å². The number of thiazole rings is 1. The first-order chi connectivity index (χ1) is 17.1. The normalized spacial score (nSPS) is 21.1. The first-order valence-corrected chi connectivity index (χ1v) is 12.8. The summed E-state index contributed by atoms with van der Waals surface area (Å²) in [5, 5.41) is 11.0. The van der Waals surface area contributed by atoms with Gasteiger partial charge in [-0.2, -0.15) is 0 Å². The number of aliphatic hydroxyl groups excluding tert-OH is 1. The average molecular weight is 493 g/mol. The van der Waals surface area contributed by atoms with Crippen LogP contribution >= 0.6 is 11.3 Å². The van der Waals surface area contributed by atoms with E-state index in [1.165, 1.54) is 0 Å². The number of carbonyl (C=O) groups excluding carboxylic acids is 1. The Morgan fingerprint density at radius 1 is 1.26 bits per heavy atom. The molecule has 2 fully saturated rings. The standard InChI is InChI=1S/C27H28N2O5S/c1-32-20-5-3-2-4-19(20)26(29-11-8-18(30)15-29)23-14-28-25(35-23)13-24(31)27(9-10-27)17-6-7-21-22(12-17)34-16-33-21/h2-7,12,14,18,26,30H,8-11,13,15-16H2,1H3/t18-,26?/m1/s1. The molecule has 3 aromatic rings. The summed E-state index contributed by atoms with van der Waals surface area (Å²) in [7, 11) is 1.68. The summed E-state index contributed by atoms with van der Waals surface area (Å²) in [6.07, 6.45) is 4.29. The zero-order valence-corrected chi connectivity index (χ0v) is 20.4. The van der Waals surface area contributed by atoms with Crippen LogP contribution in [-0.2, 0) is 16.6 Å². The first kappa shape index (κ1) is 22.5. The highest BCUT2D eigenvalue weighted by Gasteiger charge is 2.51. The fourth-order valence-corrected chi connectivity index (χ4v) is 6.39. The van der Waals surface area contributed by atoms with Crippen LogP contribution in [0, 0.1) is 0 Å². The average Bonchev–Trinajstić information content (AvgIpc) is 3.16. The van der Waals surface area contributed by atoms with Crippen LogP contribution in [0.2, 0.25) is 0 Å². The van der Waals surface area contributed by atoms with E-state index in [-0.39, 0.29) is 24.7 Å². The lowest BCUT2D eigenvalue weighted by atomic mass is 9.89. The highest BCUT2D eigenvalue weighted by molar-refractivity contribution is 7.11. The van der Waals surface area contributed by atoms with Gasteiger partial charge < -0.3 is 19.3 Å². The highest BCUT2D eigenvalue weighted by atomic mass is 32.1. The number of benzene rings is 2. The molecule has 182 valence electrons. The monoisotopic (exact) mass is 492 g/mol. The summed E-state index contributed by atoms with van der Waals surface area (Å²) in [6.45, 7) is 1.62. The van der Waals surface area contributed by atoms with Gasteiger partial charge in [0.15, 0.2) is 11.5 Å². The number of β-amino-alcohol motifs (C(OH)–C–C–N with tert-alkyl or cyclic N) is 1. The van der Waals surface area contributed by atoms with Gasteiger partial charge in [0.25, 0.3) is 0 Å². The van der Waals surface area contributed by atoms with Crippen LogP contribution in [0.3, 0.4) is 0 Å². The van der Waals surface area contributed by atoms with E-state index in [1.54, 1.807) is 18.4 Å². The molecule has 0 bridgehead atoms. The van der Waals surface area contributed by atoms with E-state index in [4.69, 9.17) is 14.2 Å². The molecule has 0 amide bonds. The molecule has 1 N–H and O–H groups in total. The van der Waals surface area contributed by atoms with Crippen molar-refractivity contribution in [3.63, 3.8) is 0 Å². The number of carbonyl (C=O) groups is 1. The molecule has 3 heterocycles. The van der Waals surface area contributed by atoms with Crippen LogP contribution in [0.5, 0.6) is 17.2 Å². The molecule has 3 aliphatic rings. The number of aromatic nitrogens is 1. The van der Waals surface area contributed by atoms with E-state index in [0.29, 0.717) is 18.7 Å². The number of para-hydroxylation sites is 1. The summed E-state index contributed by atoms with van der Waals surface area (Å²) >= 11 is 1.58. The van der Waals surface area contributed by atoms with Gasteiger partial charge in [-0.3, -0.25) is 9.69 Å². The minimum Gasteiger partial charge on any atom is -0.496 e. The van der Waals surface area contributed by atoms with Crippen molar-refractivity contribution in [1.29, 1.82) is 0 Å². The molecule has 0 spiro atoms. The minimum absolute atomic E-state index is 0.0756. The number of Topliss-reactive ketones (excluding diaryl/α,β-unsaturated/α-hetero) is 1. The van der Waals surface area contributed by atoms with Crippen LogP contribution in [0.15, 0.2) is 48.7 Å². The Bertz CT molecular complexity index is 1250. The van der Waals surface area contributed by atoms with Crippen molar-refractivity contribution in [2.24, 2.45) is 0 Å². The van der Waals surface area contributed by atoms with Crippen molar-refractivity contribution in [3.8, 4) is 17.2 Å². The summed E-state index contributed by atoms with van der Waals surface area (Å²) in [4.78, 5) is 21.5. The number of aliphatic hydroxyl groups is 1. The quantitative estimate of drug-likeness (QED) is 0.511. The number of likely N-dealkylation sites (tertiary alicyclic amines) is 1. The molecule has 2 aromatic carbocycles. The number of hydrogen-bond donors (Lipinski definition) is 1. The number of ketones is 1. The lowest BCUT2D eigenvalue weighted by Gasteiger charge is -2.28. The molecule has 1 aromatic heterocycles. The van der Waals surface area contributed by atoms with Crippen molar-refractivity contribution >= 4 is 17.1 Å². The summed E-state index contributed by atoms with van der Waals surface area (Å²) < 4.78 is 16.6. The van der Waals surface area contributed by atoms with Crippen LogP contribution in [0.25, 0.3) is 0 Å². The van der Waals surface area contributed by atoms with Crippen molar-refractivity contribution in [2.45, 2.75) is 43.2 Å². The van der Waals surface area contributed by atoms with Gasteiger partial charge in [0.1, 0.15) is 16.5 Å². The van der Waals surface area contributed by atoms with Crippen molar-refractivity contribution in [1.82, 2.24) is 9.88 Å². The van der Waals surface area contributed by atoms with E-state index in [0.717, 1.165) is 58.3 Å². The number of rotatable bonds is 8. The summed E-state index contributed by atoms with van der Waals surface area (Å²) in [5.41, 5.74) is 1.60. The molecule has 1 aliphatic carbocycles. The maximum Gasteiger partial charge on any atom is 0.231 e. The number of fused-ring (bicyclic) bond motifs is 1. The van der Waals surface area contributed by atoms with Crippen LogP contribution in [-0.4, -0.2) is 53.9 Å². The van der Waals surface area contributed by atoms with Gasteiger partial charge in [-0.15, -0.1) is 11.3 Å². The molecule has 1 saturated carbocycles. The minimum atomic E-state index is -0.450. The number of hydrogen-bond acceptors (Lipinski definition) is 8. The maximum atomic E-state index is 13.5. The topological polar surface area (TPSA) is 81.1 Å². The lowest BCUT2D eigenvalue weighted by Crippen LogP contribution is -2.28. The van der Waals surface area contributed by atoms with E-state index >= 15 is 0 Å². The third-order valence-corrected chi connectivity index (χ3v) is 8.40. The van der Waals surface area contributed by atoms with Gasteiger partial charge in [0.05, 0.1) is 31.1 Å². The molecule has 1 saturated heterocycles. The van der Waals surface area contributed by atoms with Gasteiger partial charge in [-0.25, -0.2) is 4.98 Å². The molecular formula is C27H28N2O5S. The van der Waals surface area contributed by atoms with Crippen molar-refractivity contribution in [3.05, 3.63) is 69.7 Å². The van der Waals surface area contributed by atoms with Gasteiger partial charge in [-0.05, 0) is 43.0 Å². The Morgan fingerprint density at radius 3 is 2.86 bits per heavy atom. The maximum absolute atomic E-state index is 13.5. The lowest BCUT2D eigenvalue weighted by molar-refractivity contribution is -0.120. The molecule has 35 heavy (non-hydrogen) atoms. The van der Waals surface area contributed by atoms with Crippen molar-refractivity contribution in [2.75, 3.05) is 27.0 Å².